The Kier molecular flexibility index (Phi) is 2.85. The van der Waals surface area contributed by atoms with Crippen LogP contribution in [0.3, 0.4) is 0 Å². The van der Waals surface area contributed by atoms with Crippen LogP contribution in [0.5, 0.6) is 0 Å². The summed E-state index contributed by atoms with van der Waals surface area (Å²) >= 11 is 0. The highest BCUT2D eigenvalue weighted by atomic mass is 15.4. The van der Waals surface area contributed by atoms with Crippen LogP contribution in [0.1, 0.15) is 5.69 Å². The van der Waals surface area contributed by atoms with Crippen LogP contribution in [-0.2, 0) is 13.5 Å². The second kappa shape index (κ2) is 3.90. The molecule has 0 aromatic carbocycles. The molecule has 1 rings (SSSR count). The molecule has 0 radical (unpaired) electrons. The van der Waals surface area contributed by atoms with E-state index >= 15 is 0 Å². The lowest BCUT2D eigenvalue weighted by Gasteiger charge is -2.02. The van der Waals surface area contributed by atoms with E-state index in [4.69, 9.17) is 0 Å². The van der Waals surface area contributed by atoms with Crippen molar-refractivity contribution in [2.75, 3.05) is 14.1 Å². The average molecular weight is 166 g/mol. The first-order chi connectivity index (χ1) is 5.70. The van der Waals surface area contributed by atoms with Crippen LogP contribution >= 0.6 is 0 Å². The largest absolute Gasteiger partial charge is 0.384 e. The van der Waals surface area contributed by atoms with Crippen LogP contribution in [0, 0.1) is 0 Å². The summed E-state index contributed by atoms with van der Waals surface area (Å²) in [6.07, 6.45) is 6.76. The van der Waals surface area contributed by atoms with E-state index in [0.29, 0.717) is 0 Å². The van der Waals surface area contributed by atoms with Gasteiger partial charge in [-0.2, -0.15) is 0 Å². The molecule has 0 spiro atoms. The van der Waals surface area contributed by atoms with E-state index < -0.39 is 0 Å². The second-order valence-corrected chi connectivity index (χ2v) is 2.90. The fourth-order valence-electron chi connectivity index (χ4n) is 0.880. The van der Waals surface area contributed by atoms with Gasteiger partial charge in [-0.3, -0.25) is 4.68 Å². The maximum absolute atomic E-state index is 3.83. The van der Waals surface area contributed by atoms with E-state index in [-0.39, 0.29) is 0 Å². The van der Waals surface area contributed by atoms with Gasteiger partial charge in [-0.05, 0) is 6.20 Å². The Morgan fingerprint density at radius 3 is 2.83 bits per heavy atom. The first-order valence-electron chi connectivity index (χ1n) is 3.87. The number of allylic oxidation sites excluding steroid dienone is 1. The second-order valence-electron chi connectivity index (χ2n) is 2.90. The minimum absolute atomic E-state index is 0.877. The van der Waals surface area contributed by atoms with Crippen LogP contribution < -0.4 is 0 Å². The molecular weight excluding hydrogens is 152 g/mol. The molecule has 66 valence electrons. The minimum atomic E-state index is 0.877. The molecule has 0 aliphatic carbocycles. The van der Waals surface area contributed by atoms with E-state index in [1.807, 2.05) is 32.2 Å². The molecule has 12 heavy (non-hydrogen) atoms. The predicted molar refractivity (Wildman–Crippen MR) is 47.5 cm³/mol. The molecule has 0 aliphatic heterocycles. The molecule has 0 atom stereocenters. The lowest BCUT2D eigenvalue weighted by Crippen LogP contribution is -2.01. The van der Waals surface area contributed by atoms with Gasteiger partial charge in [-0.1, -0.05) is 11.3 Å². The van der Waals surface area contributed by atoms with Crippen LogP contribution in [0.2, 0.25) is 0 Å². The fourth-order valence-corrected chi connectivity index (χ4v) is 0.880. The van der Waals surface area contributed by atoms with Gasteiger partial charge in [-0.25, -0.2) is 0 Å². The summed E-state index contributed by atoms with van der Waals surface area (Å²) < 4.78 is 1.78. The van der Waals surface area contributed by atoms with Crippen molar-refractivity contribution in [3.63, 3.8) is 0 Å². The lowest BCUT2D eigenvalue weighted by atomic mass is 10.3. The Balaban J connectivity index is 2.48. The summed E-state index contributed by atoms with van der Waals surface area (Å²) in [7, 11) is 5.89. The highest BCUT2D eigenvalue weighted by Crippen LogP contribution is 1.95. The molecule has 4 heteroatoms. The molecule has 0 bridgehead atoms. The number of aryl methyl sites for hydroxylation is 1. The van der Waals surface area contributed by atoms with Gasteiger partial charge in [0.15, 0.2) is 0 Å². The number of rotatable bonds is 3. The van der Waals surface area contributed by atoms with Gasteiger partial charge in [0.05, 0.1) is 11.9 Å². The molecule has 0 saturated carbocycles. The molecule has 1 heterocycles. The lowest BCUT2D eigenvalue weighted by molar-refractivity contribution is 0.561. The van der Waals surface area contributed by atoms with Gasteiger partial charge in [0.1, 0.15) is 0 Å². The standard InChI is InChI=1S/C8H14N4/c1-11(2)6-4-5-8-7-9-10-12(8)3/h4,6-7H,5H2,1-3H3/b6-4+. The van der Waals surface area contributed by atoms with Crippen molar-refractivity contribution in [2.45, 2.75) is 6.42 Å². The Bertz CT molecular complexity index is 262. The van der Waals surface area contributed by atoms with Crippen molar-refractivity contribution in [1.29, 1.82) is 0 Å². The van der Waals surface area contributed by atoms with E-state index in [1.165, 1.54) is 0 Å². The minimum Gasteiger partial charge on any atom is -0.384 e. The van der Waals surface area contributed by atoms with Gasteiger partial charge < -0.3 is 4.90 Å². The van der Waals surface area contributed by atoms with Crippen LogP contribution in [0.15, 0.2) is 18.5 Å². The molecule has 0 fully saturated rings. The van der Waals surface area contributed by atoms with Crippen molar-refractivity contribution in [1.82, 2.24) is 19.9 Å². The Morgan fingerprint density at radius 2 is 2.33 bits per heavy atom. The van der Waals surface area contributed by atoms with Crippen molar-refractivity contribution in [3.8, 4) is 0 Å². The van der Waals surface area contributed by atoms with Crippen molar-refractivity contribution in [3.05, 3.63) is 24.2 Å². The third-order valence-corrected chi connectivity index (χ3v) is 1.54. The highest BCUT2D eigenvalue weighted by molar-refractivity contribution is 5.00. The van der Waals surface area contributed by atoms with Crippen LogP contribution in [-0.4, -0.2) is 34.0 Å². The van der Waals surface area contributed by atoms with Crippen LogP contribution in [0.4, 0.5) is 0 Å². The molecule has 1 aromatic heterocycles. The molecule has 0 aliphatic rings. The fraction of sp³-hybridized carbons (Fsp3) is 0.500. The van der Waals surface area contributed by atoms with Crippen molar-refractivity contribution < 1.29 is 0 Å². The van der Waals surface area contributed by atoms with Gasteiger partial charge in [0, 0.05) is 27.6 Å². The van der Waals surface area contributed by atoms with E-state index in [1.54, 1.807) is 10.9 Å². The summed E-state index contributed by atoms with van der Waals surface area (Å²) in [4.78, 5) is 2.00. The zero-order valence-electron chi connectivity index (χ0n) is 7.73. The zero-order chi connectivity index (χ0) is 8.97. The molecule has 0 amide bonds. The predicted octanol–water partition coefficient (Wildman–Crippen LogP) is 0.433. The average Bonchev–Trinajstić information content (AvgIpc) is 2.36. The third kappa shape index (κ3) is 2.38. The normalized spacial score (nSPS) is 10.9. The van der Waals surface area contributed by atoms with Gasteiger partial charge in [-0.15, -0.1) is 5.10 Å². The van der Waals surface area contributed by atoms with E-state index in [9.17, 15) is 0 Å². The van der Waals surface area contributed by atoms with E-state index in [0.717, 1.165) is 12.1 Å². The number of hydrogen-bond donors (Lipinski definition) is 0. The third-order valence-electron chi connectivity index (χ3n) is 1.54. The number of hydrogen-bond acceptors (Lipinski definition) is 3. The topological polar surface area (TPSA) is 34.0 Å². The molecular formula is C8H14N4. The maximum atomic E-state index is 3.83. The Hall–Kier alpha value is -1.32. The SMILES string of the molecule is CN(C)/C=C/Cc1cnnn1C. The summed E-state index contributed by atoms with van der Waals surface area (Å²) in [6, 6.07) is 0. The number of aromatic nitrogens is 3. The van der Waals surface area contributed by atoms with Crippen LogP contribution in [0.25, 0.3) is 0 Å². The first kappa shape index (κ1) is 8.77. The first-order valence-corrected chi connectivity index (χ1v) is 3.87. The van der Waals surface area contributed by atoms with Gasteiger partial charge >= 0.3 is 0 Å². The molecule has 0 N–H and O–H groups in total. The number of nitrogens with zero attached hydrogens (tertiary/aromatic N) is 4. The molecule has 1 aromatic rings. The van der Waals surface area contributed by atoms with Crippen molar-refractivity contribution in [2.24, 2.45) is 7.05 Å². The highest BCUT2D eigenvalue weighted by Gasteiger charge is 1.94. The monoisotopic (exact) mass is 166 g/mol. The summed E-state index contributed by atoms with van der Waals surface area (Å²) in [5, 5.41) is 7.62. The van der Waals surface area contributed by atoms with Crippen molar-refractivity contribution >= 4 is 0 Å². The Labute approximate surface area is 72.5 Å². The van der Waals surface area contributed by atoms with Gasteiger partial charge in [0.2, 0.25) is 0 Å². The van der Waals surface area contributed by atoms with E-state index in [2.05, 4.69) is 16.4 Å². The summed E-state index contributed by atoms with van der Waals surface area (Å²) in [5.41, 5.74) is 1.12. The Morgan fingerprint density at radius 1 is 1.58 bits per heavy atom. The zero-order valence-corrected chi connectivity index (χ0v) is 7.73. The smallest absolute Gasteiger partial charge is 0.0728 e. The summed E-state index contributed by atoms with van der Waals surface area (Å²) in [6.45, 7) is 0. The molecule has 4 nitrogen and oxygen atoms in total. The van der Waals surface area contributed by atoms with Gasteiger partial charge in [0.25, 0.3) is 0 Å². The summed E-state index contributed by atoms with van der Waals surface area (Å²) in [5.74, 6) is 0. The molecule has 0 saturated heterocycles. The maximum Gasteiger partial charge on any atom is 0.0728 e. The molecule has 0 unspecified atom stereocenters. The quantitative estimate of drug-likeness (QED) is 0.653.